The predicted molar refractivity (Wildman–Crippen MR) is 380 cm³/mol. The smallest absolute Gasteiger partial charge is 0.417 e. The van der Waals surface area contributed by atoms with E-state index < -0.39 is 172 Å². The van der Waals surface area contributed by atoms with Gasteiger partial charge in [-0.2, -0.15) is 13.2 Å². The minimum absolute atomic E-state index is 0.0696. The van der Waals surface area contributed by atoms with Crippen LogP contribution in [0.5, 0.6) is 5.75 Å². The van der Waals surface area contributed by atoms with E-state index in [2.05, 4.69) is 16.0 Å². The van der Waals surface area contributed by atoms with Crippen LogP contribution < -0.4 is 20.7 Å². The molecule has 2 heterocycles. The van der Waals surface area contributed by atoms with Crippen LogP contribution in [0.2, 0.25) is 5.02 Å². The van der Waals surface area contributed by atoms with Gasteiger partial charge in [0.2, 0.25) is 70.9 Å². The molecule has 25 nitrogen and oxygen atoms in total. The van der Waals surface area contributed by atoms with Gasteiger partial charge in [0.15, 0.2) is 0 Å². The van der Waals surface area contributed by atoms with Crippen LogP contribution in [0.4, 0.5) is 13.2 Å². The van der Waals surface area contributed by atoms with Crippen LogP contribution in [-0.2, 0) is 83.0 Å². The van der Waals surface area contributed by atoms with Crippen molar-refractivity contribution in [3.8, 4) is 5.75 Å². The summed E-state index contributed by atoms with van der Waals surface area (Å²) in [5, 5.41) is 7.94. The molecule has 2 aliphatic heterocycles. The lowest BCUT2D eigenvalue weighted by Gasteiger charge is -2.45. The molecule has 1 saturated carbocycles. The summed E-state index contributed by atoms with van der Waals surface area (Å²) < 4.78 is 47.3. The minimum Gasteiger partial charge on any atom is -0.497 e. The molecule has 0 radical (unpaired) electrons. The SMILES string of the molecule is CC[C@H](C)[C@@H]1NC(=O)[C@H](C)N(C)C(=O)C[C@@H](C(=O)N(C)C)N(C)C(=O)[C@H]([C@@H](C)CC)N(C)C(=O)C2(CCCC2)NC(=O)[C@H](Cc2ccc(OC)cc2)N(C)C(=O)[C@H](CCc2ccc(C(F)(F)F)c(Cl)c2)NC(=O)CN(C)C(=O)[C@H](Cc2ccc(C)cc2)N(C)C(=O)[C@@H]2CCN2C(=O)[C@@H](C)N(C)C1=O. The van der Waals surface area contributed by atoms with Crippen molar-refractivity contribution in [2.24, 2.45) is 11.8 Å². The lowest BCUT2D eigenvalue weighted by atomic mass is 9.90. The molecule has 0 aromatic heterocycles. The topological polar surface area (TPSA) is 279 Å². The van der Waals surface area contributed by atoms with E-state index in [-0.39, 0.29) is 57.1 Å². The third kappa shape index (κ3) is 19.7. The van der Waals surface area contributed by atoms with Crippen LogP contribution in [-0.4, -0.2) is 259 Å². The molecule has 6 rings (SSSR count). The molecule has 12 amide bonds. The maximum Gasteiger partial charge on any atom is 0.417 e. The van der Waals surface area contributed by atoms with Crippen LogP contribution >= 0.6 is 11.6 Å². The number of rotatable bonds is 13. The largest absolute Gasteiger partial charge is 0.497 e. The molecule has 1 spiro atoms. The van der Waals surface area contributed by atoms with E-state index in [1.165, 1.54) is 115 Å². The standard InChI is InChI=1S/C74H104ClF3N12O13/c1-18-44(4)61-70(100)85(12)47(7)65(95)90-37-34-55(90)69(99)87(14)57(40-49-24-22-43(3)23-25-49)68(98)83(10)42-59(91)79-54(33-29-48-28-32-52(53(75)38-48)74(76,77)78)66(96)86(13)56(39-50-26-30-51(103-17)31-27-50)64(94)81-73(35-20-21-36-73)72(102)89(16)62(45(5)19-2)71(101)88(15)58(67(97)82(8)9)41-60(92)84(11)46(6)63(93)80-61/h22-28,30-32,38,44-47,54-58,61-62H,18-21,29,33-37,39-42H2,1-17H3,(H,79,91)(H,80,93)(H,81,94)/t44-,45-,46-,47+,54-,55-,56-,57-,58-,61-,62-/m0/s1. The number of carbonyl (C=O) groups excluding carboxylic acids is 12. The van der Waals surface area contributed by atoms with Gasteiger partial charge in [0.05, 0.1) is 30.7 Å². The van der Waals surface area contributed by atoms with Crippen LogP contribution in [0, 0.1) is 18.8 Å². The molecule has 0 unspecified atom stereocenters. The second-order valence-corrected chi connectivity index (χ2v) is 28.7. The number of alkyl halides is 3. The second-order valence-electron chi connectivity index (χ2n) is 28.3. The van der Waals surface area contributed by atoms with E-state index in [1.807, 2.05) is 19.1 Å². The molecule has 103 heavy (non-hydrogen) atoms. The Balaban J connectivity index is 1.49. The summed E-state index contributed by atoms with van der Waals surface area (Å²) >= 11 is 6.19. The molecule has 3 fully saturated rings. The Morgan fingerprint density at radius 2 is 1.22 bits per heavy atom. The highest BCUT2D eigenvalue weighted by Gasteiger charge is 2.51. The molecular formula is C74H104ClF3N12O13. The molecule has 0 bridgehead atoms. The number of nitrogens with one attached hydrogen (secondary N) is 3. The number of ether oxygens (including phenoxy) is 1. The summed E-state index contributed by atoms with van der Waals surface area (Å²) in [6, 6.07) is 4.90. The van der Waals surface area contributed by atoms with Gasteiger partial charge >= 0.3 is 6.18 Å². The quantitative estimate of drug-likeness (QED) is 0.200. The Labute approximate surface area is 607 Å². The molecule has 566 valence electrons. The number of amides is 12. The highest BCUT2D eigenvalue weighted by Crippen LogP contribution is 2.37. The average molecular weight is 1460 g/mol. The molecule has 1 aliphatic carbocycles. The number of carbonyl (C=O) groups is 12. The monoisotopic (exact) mass is 1460 g/mol. The van der Waals surface area contributed by atoms with Crippen molar-refractivity contribution >= 4 is 82.5 Å². The zero-order chi connectivity index (χ0) is 77.0. The fourth-order valence-corrected chi connectivity index (χ4v) is 13.7. The Morgan fingerprint density at radius 1 is 0.660 bits per heavy atom. The van der Waals surface area contributed by atoms with E-state index in [4.69, 9.17) is 16.3 Å². The number of methoxy groups -OCH3 is 1. The first-order valence-corrected chi connectivity index (χ1v) is 35.5. The van der Waals surface area contributed by atoms with Gasteiger partial charge in [-0.15, -0.1) is 0 Å². The van der Waals surface area contributed by atoms with Gasteiger partial charge in [0, 0.05) is 82.8 Å². The van der Waals surface area contributed by atoms with Crippen LogP contribution in [0.3, 0.4) is 0 Å². The highest BCUT2D eigenvalue weighted by molar-refractivity contribution is 6.31. The van der Waals surface area contributed by atoms with E-state index in [0.717, 1.165) is 37.3 Å². The maximum atomic E-state index is 15.6. The van der Waals surface area contributed by atoms with E-state index in [0.29, 0.717) is 42.6 Å². The van der Waals surface area contributed by atoms with E-state index in [9.17, 15) is 46.7 Å². The van der Waals surface area contributed by atoms with Crippen LogP contribution in [0.15, 0.2) is 66.7 Å². The van der Waals surface area contributed by atoms with Crippen molar-refractivity contribution in [3.05, 3.63) is 99.6 Å². The Kier molecular flexibility index (Phi) is 28.7. The van der Waals surface area contributed by atoms with Crippen molar-refractivity contribution in [2.45, 2.75) is 192 Å². The van der Waals surface area contributed by atoms with Crippen molar-refractivity contribution in [1.29, 1.82) is 0 Å². The van der Waals surface area contributed by atoms with Crippen LogP contribution in [0.1, 0.15) is 127 Å². The summed E-state index contributed by atoms with van der Waals surface area (Å²) in [6.45, 7) is 11.2. The number of nitrogens with zero attached hydrogens (tertiary/aromatic N) is 9. The molecule has 3 aromatic rings. The fourth-order valence-electron chi connectivity index (χ4n) is 13.4. The number of likely N-dealkylation sites (N-methyl/N-ethyl adjacent to an activating group) is 8. The van der Waals surface area contributed by atoms with Crippen molar-refractivity contribution in [1.82, 2.24) is 60.0 Å². The molecule has 3 aromatic carbocycles. The number of benzene rings is 3. The van der Waals surface area contributed by atoms with Crippen molar-refractivity contribution < 1.29 is 75.4 Å². The van der Waals surface area contributed by atoms with Crippen LogP contribution in [0.25, 0.3) is 0 Å². The zero-order valence-electron chi connectivity index (χ0n) is 62.4. The summed E-state index contributed by atoms with van der Waals surface area (Å²) in [5.74, 6) is -9.45. The molecule has 3 N–H and O–H groups in total. The third-order valence-electron chi connectivity index (χ3n) is 21.1. The third-order valence-corrected chi connectivity index (χ3v) is 21.4. The lowest BCUT2D eigenvalue weighted by molar-refractivity contribution is -0.160. The summed E-state index contributed by atoms with van der Waals surface area (Å²) in [7, 11) is 13.9. The Bertz CT molecular complexity index is 3590. The number of aryl methyl sites for hydroxylation is 2. The van der Waals surface area contributed by atoms with Gasteiger partial charge in [0.1, 0.15) is 65.7 Å². The average Bonchev–Trinajstić information content (AvgIpc) is 1.56. The summed E-state index contributed by atoms with van der Waals surface area (Å²) in [5.41, 5.74) is -0.515. The summed E-state index contributed by atoms with van der Waals surface area (Å²) in [4.78, 5) is 190. The van der Waals surface area contributed by atoms with Gasteiger partial charge in [-0.1, -0.05) is 113 Å². The number of fused-ring (bicyclic) bond motifs is 1. The van der Waals surface area contributed by atoms with Crippen molar-refractivity contribution in [2.75, 3.05) is 83.6 Å². The first-order valence-electron chi connectivity index (χ1n) is 35.1. The molecular weight excluding hydrogens is 1360 g/mol. The first kappa shape index (κ1) is 83.1. The second kappa shape index (κ2) is 35.6. The highest BCUT2D eigenvalue weighted by atomic mass is 35.5. The van der Waals surface area contributed by atoms with Gasteiger partial charge in [0.25, 0.3) is 0 Å². The lowest BCUT2D eigenvalue weighted by Crippen LogP contribution is -2.65. The summed E-state index contributed by atoms with van der Waals surface area (Å²) in [6.07, 6.45) is -4.25. The molecule has 3 aliphatic rings. The van der Waals surface area contributed by atoms with Crippen molar-refractivity contribution in [3.63, 3.8) is 0 Å². The molecule has 29 heteroatoms. The van der Waals surface area contributed by atoms with Gasteiger partial charge in [-0.05, 0) is 106 Å². The van der Waals surface area contributed by atoms with E-state index in [1.54, 1.807) is 64.1 Å². The van der Waals surface area contributed by atoms with Gasteiger partial charge in [-0.25, -0.2) is 0 Å². The zero-order valence-corrected chi connectivity index (χ0v) is 63.2. The minimum atomic E-state index is -4.80. The normalized spacial score (nSPS) is 24.9. The molecule has 11 atom stereocenters. The Hall–Kier alpha value is -8.82. The molecule has 2 saturated heterocycles. The maximum absolute atomic E-state index is 15.6. The Morgan fingerprint density at radius 3 is 1.76 bits per heavy atom. The van der Waals surface area contributed by atoms with Gasteiger partial charge in [-0.3, -0.25) is 57.5 Å². The predicted octanol–water partition coefficient (Wildman–Crippen LogP) is 5.14. The number of halogens is 4. The number of hydrogen-bond acceptors (Lipinski definition) is 13. The van der Waals surface area contributed by atoms with Gasteiger partial charge < -0.3 is 64.8 Å². The first-order chi connectivity index (χ1) is 48.2. The fraction of sp³-hybridized carbons (Fsp3) is 0.595. The number of hydrogen-bond donors (Lipinski definition) is 3. The van der Waals surface area contributed by atoms with E-state index >= 15 is 24.0 Å².